The number of benzene rings is 1. The van der Waals surface area contributed by atoms with Gasteiger partial charge in [-0.1, -0.05) is 12.2 Å². The van der Waals surface area contributed by atoms with E-state index in [2.05, 4.69) is 79.2 Å². The highest BCUT2D eigenvalue weighted by Crippen LogP contribution is 2.34. The molecular weight excluding hydrogens is 534 g/mol. The molecule has 2 bridgehead atoms. The monoisotopic (exact) mass is 575 g/mol. The van der Waals surface area contributed by atoms with E-state index in [1.807, 2.05) is 9.91 Å². The van der Waals surface area contributed by atoms with Crippen LogP contribution in [-0.2, 0) is 27.4 Å². The average molecular weight is 576 g/mol. The van der Waals surface area contributed by atoms with Gasteiger partial charge in [0.2, 0.25) is 11.8 Å². The van der Waals surface area contributed by atoms with Crippen molar-refractivity contribution >= 4 is 28.4 Å². The lowest BCUT2D eigenvalue weighted by Crippen LogP contribution is -2.72. The third-order valence-corrected chi connectivity index (χ3v) is 9.88. The van der Waals surface area contributed by atoms with Crippen LogP contribution in [0.15, 0.2) is 36.4 Å². The van der Waals surface area contributed by atoms with Crippen molar-refractivity contribution in [1.29, 1.82) is 0 Å². The Morgan fingerprint density at radius 2 is 1.95 bits per heavy atom. The molecule has 0 spiro atoms. The van der Waals surface area contributed by atoms with Crippen LogP contribution >= 0.6 is 0 Å². The molecule has 42 heavy (non-hydrogen) atoms. The second-order valence-corrected chi connectivity index (χ2v) is 12.6. The van der Waals surface area contributed by atoms with E-state index >= 15 is 0 Å². The summed E-state index contributed by atoms with van der Waals surface area (Å²) in [6.07, 6.45) is 7.00. The van der Waals surface area contributed by atoms with Crippen LogP contribution in [0.4, 0.5) is 5.69 Å². The van der Waals surface area contributed by atoms with Crippen molar-refractivity contribution in [1.82, 2.24) is 40.3 Å². The van der Waals surface area contributed by atoms with Gasteiger partial charge in [-0.2, -0.15) is 5.01 Å². The van der Waals surface area contributed by atoms with Gasteiger partial charge in [0, 0.05) is 55.0 Å². The largest absolute Gasteiger partial charge is 0.365 e. The molecule has 6 aliphatic heterocycles. The number of morpholine rings is 1. The molecule has 0 aliphatic carbocycles. The van der Waals surface area contributed by atoms with Crippen molar-refractivity contribution in [3.63, 3.8) is 0 Å². The lowest BCUT2D eigenvalue weighted by molar-refractivity contribution is -0.176. The molecule has 6 aliphatic rings. The molecule has 0 radical (unpaired) electrons. The standard InChI is InChI=1S/C30H41N9O3/c1-35-12-13-36-21(17-35)15-19-14-20(6-7-23(19)36)32-30-31-16-22-27(34-30)39-25-9-8-24-28(33-25)37(26(40)18-42-24)10-4-2-3-5-11-38(39)29(22)41/h3,5-7,14-15,22,24-25,27-28,30-34H,2,4,8-13,16-18H2,1H3/b5-3-. The Balaban J connectivity index is 1.04. The van der Waals surface area contributed by atoms with E-state index in [1.165, 1.54) is 16.6 Å². The van der Waals surface area contributed by atoms with Crippen LogP contribution in [0.2, 0.25) is 0 Å². The molecule has 224 valence electrons. The number of ether oxygens (including phenoxy) is 1. The van der Waals surface area contributed by atoms with Crippen molar-refractivity contribution < 1.29 is 14.3 Å². The van der Waals surface area contributed by atoms with Crippen molar-refractivity contribution in [2.24, 2.45) is 5.92 Å². The molecule has 8 rings (SSSR count). The molecule has 12 nitrogen and oxygen atoms in total. The third-order valence-electron chi connectivity index (χ3n) is 9.88. The molecule has 1 aromatic carbocycles. The number of allylic oxidation sites excluding steroid dienone is 1. The Bertz CT molecular complexity index is 1410. The Labute approximate surface area is 245 Å². The number of nitrogens with zero attached hydrogens (tertiary/aromatic N) is 5. The number of carbonyl (C=O) groups excluding carboxylic acids is 2. The second kappa shape index (κ2) is 10.6. The predicted octanol–water partition coefficient (Wildman–Crippen LogP) is 0.590. The Morgan fingerprint density at radius 3 is 2.88 bits per heavy atom. The fraction of sp³-hybridized carbons (Fsp3) is 0.600. The van der Waals surface area contributed by atoms with E-state index in [4.69, 9.17) is 4.74 Å². The van der Waals surface area contributed by atoms with Crippen molar-refractivity contribution in [2.75, 3.05) is 45.2 Å². The number of hydrogen-bond acceptors (Lipinski definition) is 9. The van der Waals surface area contributed by atoms with E-state index in [-0.39, 0.29) is 55.2 Å². The summed E-state index contributed by atoms with van der Waals surface area (Å²) in [5.41, 5.74) is 3.67. The number of rotatable bonds is 2. The summed E-state index contributed by atoms with van der Waals surface area (Å²) in [5.74, 6) is -0.0446. The van der Waals surface area contributed by atoms with Gasteiger partial charge in [0.25, 0.3) is 0 Å². The first-order chi connectivity index (χ1) is 20.5. The third kappa shape index (κ3) is 4.52. The Kier molecular flexibility index (Phi) is 6.73. The molecule has 0 saturated carbocycles. The molecule has 1 aromatic heterocycles. The van der Waals surface area contributed by atoms with Crippen LogP contribution in [0.5, 0.6) is 0 Å². The highest BCUT2D eigenvalue weighted by atomic mass is 16.5. The predicted molar refractivity (Wildman–Crippen MR) is 157 cm³/mol. The molecule has 4 fully saturated rings. The molecule has 12 heteroatoms. The first-order valence-corrected chi connectivity index (χ1v) is 15.5. The fourth-order valence-electron chi connectivity index (χ4n) is 7.78. The summed E-state index contributed by atoms with van der Waals surface area (Å²) in [7, 11) is 2.17. The number of amides is 2. The Morgan fingerprint density at radius 1 is 1.02 bits per heavy atom. The number of aromatic nitrogens is 1. The van der Waals surface area contributed by atoms with Gasteiger partial charge in [0.15, 0.2) is 0 Å². The maximum atomic E-state index is 13.8. The van der Waals surface area contributed by atoms with Crippen LogP contribution in [0.25, 0.3) is 10.9 Å². The SMILES string of the molecule is CN1CCn2c(cc3cc(NC4NCC5C(=O)N6C/C=C\CCCN7C(=O)COC8CCC(NC87)N6C5N4)ccc32)C1. The van der Waals surface area contributed by atoms with Gasteiger partial charge in [0.1, 0.15) is 19.1 Å². The van der Waals surface area contributed by atoms with E-state index in [1.54, 1.807) is 0 Å². The normalized spacial score (nSPS) is 34.8. The van der Waals surface area contributed by atoms with Gasteiger partial charge in [0.05, 0.1) is 30.9 Å². The van der Waals surface area contributed by atoms with Crippen LogP contribution in [0, 0.1) is 5.92 Å². The zero-order valence-corrected chi connectivity index (χ0v) is 24.2. The zero-order valence-electron chi connectivity index (χ0n) is 24.2. The minimum atomic E-state index is -0.209. The van der Waals surface area contributed by atoms with Crippen molar-refractivity contribution in [2.45, 2.75) is 69.7 Å². The summed E-state index contributed by atoms with van der Waals surface area (Å²) in [6, 6.07) is 8.88. The molecule has 6 unspecified atom stereocenters. The van der Waals surface area contributed by atoms with Crippen LogP contribution in [-0.4, -0.2) is 107 Å². The van der Waals surface area contributed by atoms with Crippen molar-refractivity contribution in [3.05, 3.63) is 42.1 Å². The van der Waals surface area contributed by atoms with Gasteiger partial charge < -0.3 is 19.5 Å². The van der Waals surface area contributed by atoms with Gasteiger partial charge in [-0.25, -0.2) is 0 Å². The van der Waals surface area contributed by atoms with E-state index in [9.17, 15) is 9.59 Å². The lowest BCUT2D eigenvalue weighted by Gasteiger charge is -2.50. The van der Waals surface area contributed by atoms with Crippen LogP contribution in [0.1, 0.15) is 31.4 Å². The summed E-state index contributed by atoms with van der Waals surface area (Å²) < 4.78 is 8.38. The van der Waals surface area contributed by atoms with E-state index < -0.39 is 0 Å². The molecule has 4 saturated heterocycles. The minimum Gasteiger partial charge on any atom is -0.365 e. The maximum absolute atomic E-state index is 13.8. The Hall–Kier alpha value is -3.00. The first kappa shape index (κ1) is 26.6. The van der Waals surface area contributed by atoms with Crippen molar-refractivity contribution in [3.8, 4) is 0 Å². The maximum Gasteiger partial charge on any atom is 0.249 e. The molecule has 6 atom stereocenters. The smallest absolute Gasteiger partial charge is 0.249 e. The number of anilines is 1. The first-order valence-electron chi connectivity index (χ1n) is 15.5. The topological polar surface area (TPSA) is 109 Å². The number of nitrogens with one attached hydrogen (secondary N) is 4. The van der Waals surface area contributed by atoms with E-state index in [0.717, 1.165) is 51.0 Å². The number of hydrazine groups is 1. The molecule has 4 N–H and O–H groups in total. The number of carbonyl (C=O) groups is 2. The fourth-order valence-corrected chi connectivity index (χ4v) is 7.78. The number of piperidine rings is 1. The molecule has 2 aromatic rings. The summed E-state index contributed by atoms with van der Waals surface area (Å²) in [5, 5.41) is 20.0. The van der Waals surface area contributed by atoms with Crippen LogP contribution in [0.3, 0.4) is 0 Å². The summed E-state index contributed by atoms with van der Waals surface area (Å²) in [4.78, 5) is 30.9. The molecule has 7 heterocycles. The number of likely N-dealkylation sites (N-methyl/N-ethyl adjacent to an activating group) is 1. The summed E-state index contributed by atoms with van der Waals surface area (Å²) in [6.45, 7) is 5.03. The van der Waals surface area contributed by atoms with Gasteiger partial charge >= 0.3 is 0 Å². The van der Waals surface area contributed by atoms with Gasteiger partial charge in [-0.05, 0) is 57.0 Å². The molecular formula is C30H41N9O3. The van der Waals surface area contributed by atoms with Crippen LogP contribution < -0.4 is 21.3 Å². The van der Waals surface area contributed by atoms with Gasteiger partial charge in [-0.15, -0.1) is 0 Å². The summed E-state index contributed by atoms with van der Waals surface area (Å²) >= 11 is 0. The second-order valence-electron chi connectivity index (χ2n) is 12.6. The highest BCUT2D eigenvalue weighted by Gasteiger charge is 2.53. The van der Waals surface area contributed by atoms with Gasteiger partial charge in [-0.3, -0.25) is 35.4 Å². The van der Waals surface area contributed by atoms with E-state index in [0.29, 0.717) is 19.6 Å². The quantitative estimate of drug-likeness (QED) is 0.383. The zero-order chi connectivity index (χ0) is 28.4. The number of fused-ring (bicyclic) bond motifs is 8. The minimum absolute atomic E-state index is 0.0225. The molecule has 2 amide bonds. The highest BCUT2D eigenvalue weighted by molar-refractivity contribution is 5.85. The number of hydrogen-bond donors (Lipinski definition) is 4. The average Bonchev–Trinajstić information content (AvgIpc) is 3.47. The lowest BCUT2D eigenvalue weighted by atomic mass is 9.99.